The molecule has 0 radical (unpaired) electrons. The molecule has 0 spiro atoms. The molecule has 2 aromatic rings. The SMILES string of the molecule is CCN(CCc1ccncc1)C(=O)Nc1c(F)cccc1Cl. The van der Waals surface area contributed by atoms with Gasteiger partial charge in [0.15, 0.2) is 0 Å². The first-order valence-corrected chi connectivity index (χ1v) is 7.38. The number of carbonyl (C=O) groups is 1. The van der Waals surface area contributed by atoms with E-state index in [1.165, 1.54) is 18.2 Å². The summed E-state index contributed by atoms with van der Waals surface area (Å²) < 4.78 is 13.7. The van der Waals surface area contributed by atoms with Gasteiger partial charge in [-0.25, -0.2) is 9.18 Å². The lowest BCUT2D eigenvalue weighted by Crippen LogP contribution is -2.36. The van der Waals surface area contributed by atoms with E-state index in [0.29, 0.717) is 19.5 Å². The zero-order valence-corrected chi connectivity index (χ0v) is 13.0. The van der Waals surface area contributed by atoms with Gasteiger partial charge in [0.05, 0.1) is 10.7 Å². The lowest BCUT2D eigenvalue weighted by atomic mass is 10.2. The van der Waals surface area contributed by atoms with Crippen LogP contribution in [-0.4, -0.2) is 29.0 Å². The number of amides is 2. The van der Waals surface area contributed by atoms with E-state index < -0.39 is 5.82 Å². The first-order chi connectivity index (χ1) is 10.6. The molecule has 0 fully saturated rings. The lowest BCUT2D eigenvalue weighted by molar-refractivity contribution is 0.215. The minimum absolute atomic E-state index is 0.0107. The standard InChI is InChI=1S/C16H17ClFN3O/c1-2-21(11-8-12-6-9-19-10-7-12)16(22)20-15-13(17)4-3-5-14(15)18/h3-7,9-10H,2,8,11H2,1H3,(H,20,22). The Balaban J connectivity index is 2.00. The molecule has 0 bridgehead atoms. The van der Waals surface area contributed by atoms with Gasteiger partial charge in [0.1, 0.15) is 5.82 Å². The van der Waals surface area contributed by atoms with Crippen LogP contribution in [-0.2, 0) is 6.42 Å². The number of nitrogens with zero attached hydrogens (tertiary/aromatic N) is 2. The number of benzene rings is 1. The first kappa shape index (κ1) is 16.2. The molecule has 0 aliphatic carbocycles. The average molecular weight is 322 g/mol. The second-order valence-corrected chi connectivity index (χ2v) is 5.12. The van der Waals surface area contributed by atoms with Crippen molar-refractivity contribution < 1.29 is 9.18 Å². The summed E-state index contributed by atoms with van der Waals surface area (Å²) in [4.78, 5) is 17.8. The fourth-order valence-corrected chi connectivity index (χ4v) is 2.23. The van der Waals surface area contributed by atoms with Gasteiger partial charge < -0.3 is 10.2 Å². The number of rotatable bonds is 5. The summed E-state index contributed by atoms with van der Waals surface area (Å²) in [6.45, 7) is 2.91. The van der Waals surface area contributed by atoms with Gasteiger partial charge in [0.2, 0.25) is 0 Å². The molecular weight excluding hydrogens is 305 g/mol. The Kier molecular flexibility index (Phi) is 5.72. The van der Waals surface area contributed by atoms with Crippen LogP contribution in [0.2, 0.25) is 5.02 Å². The Bertz CT molecular complexity index is 616. The van der Waals surface area contributed by atoms with Crippen molar-refractivity contribution in [3.63, 3.8) is 0 Å². The van der Waals surface area contributed by atoms with Gasteiger partial charge in [-0.1, -0.05) is 17.7 Å². The quantitative estimate of drug-likeness (QED) is 0.905. The molecule has 0 aliphatic rings. The Labute approximate surface area is 133 Å². The van der Waals surface area contributed by atoms with Gasteiger partial charge >= 0.3 is 6.03 Å². The summed E-state index contributed by atoms with van der Waals surface area (Å²) in [5.74, 6) is -0.550. The number of nitrogens with one attached hydrogen (secondary N) is 1. The monoisotopic (exact) mass is 321 g/mol. The van der Waals surface area contributed by atoms with Gasteiger partial charge in [0, 0.05) is 25.5 Å². The third-order valence-corrected chi connectivity index (χ3v) is 3.60. The highest BCUT2D eigenvalue weighted by molar-refractivity contribution is 6.33. The van der Waals surface area contributed by atoms with E-state index in [2.05, 4.69) is 10.3 Å². The Hall–Kier alpha value is -2.14. The molecule has 0 atom stereocenters. The van der Waals surface area contributed by atoms with Crippen LogP contribution in [0.15, 0.2) is 42.7 Å². The number of likely N-dealkylation sites (N-methyl/N-ethyl adjacent to an activating group) is 1. The normalized spacial score (nSPS) is 10.3. The number of hydrogen-bond acceptors (Lipinski definition) is 2. The van der Waals surface area contributed by atoms with Gasteiger partial charge in [-0.2, -0.15) is 0 Å². The first-order valence-electron chi connectivity index (χ1n) is 7.00. The molecular formula is C16H17ClFN3O. The maximum Gasteiger partial charge on any atom is 0.321 e. The predicted octanol–water partition coefficient (Wildman–Crippen LogP) is 3.97. The van der Waals surface area contributed by atoms with Gasteiger partial charge in [0.25, 0.3) is 0 Å². The molecule has 1 N–H and O–H groups in total. The fraction of sp³-hybridized carbons (Fsp3) is 0.250. The van der Waals surface area contributed by atoms with Crippen molar-refractivity contribution in [2.24, 2.45) is 0 Å². The minimum atomic E-state index is -0.550. The highest BCUT2D eigenvalue weighted by Gasteiger charge is 2.15. The van der Waals surface area contributed by atoms with Crippen LogP contribution in [0, 0.1) is 5.82 Å². The third kappa shape index (κ3) is 4.18. The van der Waals surface area contributed by atoms with E-state index in [1.54, 1.807) is 17.3 Å². The molecule has 0 saturated carbocycles. The summed E-state index contributed by atoms with van der Waals surface area (Å²) in [5, 5.41) is 2.71. The van der Waals surface area contributed by atoms with Crippen LogP contribution in [0.4, 0.5) is 14.9 Å². The van der Waals surface area contributed by atoms with Crippen molar-refractivity contribution in [3.05, 3.63) is 59.1 Å². The molecule has 4 nitrogen and oxygen atoms in total. The number of halogens is 2. The number of hydrogen-bond donors (Lipinski definition) is 1. The lowest BCUT2D eigenvalue weighted by Gasteiger charge is -2.22. The number of pyridine rings is 1. The second-order valence-electron chi connectivity index (χ2n) is 4.71. The van der Waals surface area contributed by atoms with E-state index in [-0.39, 0.29) is 16.7 Å². The van der Waals surface area contributed by atoms with Crippen molar-refractivity contribution in [2.75, 3.05) is 18.4 Å². The van der Waals surface area contributed by atoms with Crippen molar-refractivity contribution in [1.82, 2.24) is 9.88 Å². The fourth-order valence-electron chi connectivity index (χ4n) is 2.02. The number of anilines is 1. The molecule has 116 valence electrons. The third-order valence-electron chi connectivity index (χ3n) is 3.28. The van der Waals surface area contributed by atoms with E-state index in [1.807, 2.05) is 19.1 Å². The van der Waals surface area contributed by atoms with E-state index in [9.17, 15) is 9.18 Å². The molecule has 2 rings (SSSR count). The Morgan fingerprint density at radius 1 is 1.32 bits per heavy atom. The molecule has 1 aromatic heterocycles. The largest absolute Gasteiger partial charge is 0.324 e. The van der Waals surface area contributed by atoms with Crippen LogP contribution in [0.25, 0.3) is 0 Å². The van der Waals surface area contributed by atoms with Crippen molar-refractivity contribution in [2.45, 2.75) is 13.3 Å². The maximum absolute atomic E-state index is 13.7. The van der Waals surface area contributed by atoms with Crippen LogP contribution < -0.4 is 5.32 Å². The molecule has 2 amide bonds. The van der Waals surface area contributed by atoms with Gasteiger partial charge in [-0.3, -0.25) is 4.98 Å². The van der Waals surface area contributed by atoms with E-state index in [4.69, 9.17) is 11.6 Å². The number of para-hydroxylation sites is 1. The molecule has 6 heteroatoms. The smallest absolute Gasteiger partial charge is 0.321 e. The average Bonchev–Trinajstić information content (AvgIpc) is 2.52. The van der Waals surface area contributed by atoms with Crippen molar-refractivity contribution in [1.29, 1.82) is 0 Å². The highest BCUT2D eigenvalue weighted by Crippen LogP contribution is 2.24. The summed E-state index contributed by atoms with van der Waals surface area (Å²) in [6, 6.07) is 7.72. The van der Waals surface area contributed by atoms with Crippen LogP contribution >= 0.6 is 11.6 Å². The molecule has 1 aromatic carbocycles. The highest BCUT2D eigenvalue weighted by atomic mass is 35.5. The summed E-state index contributed by atoms with van der Waals surface area (Å²) in [7, 11) is 0. The molecule has 22 heavy (non-hydrogen) atoms. The Morgan fingerprint density at radius 2 is 2.05 bits per heavy atom. The van der Waals surface area contributed by atoms with Crippen molar-refractivity contribution in [3.8, 4) is 0 Å². The molecule has 0 saturated heterocycles. The van der Waals surface area contributed by atoms with Crippen molar-refractivity contribution >= 4 is 23.3 Å². The van der Waals surface area contributed by atoms with E-state index in [0.717, 1.165) is 5.56 Å². The van der Waals surface area contributed by atoms with Crippen LogP contribution in [0.3, 0.4) is 0 Å². The van der Waals surface area contributed by atoms with Crippen LogP contribution in [0.1, 0.15) is 12.5 Å². The number of carbonyl (C=O) groups excluding carboxylic acids is 1. The number of aromatic nitrogens is 1. The Morgan fingerprint density at radius 3 is 2.68 bits per heavy atom. The second kappa shape index (κ2) is 7.75. The maximum atomic E-state index is 13.7. The van der Waals surface area contributed by atoms with Gasteiger partial charge in [-0.05, 0) is 43.2 Å². The van der Waals surface area contributed by atoms with Gasteiger partial charge in [-0.15, -0.1) is 0 Å². The zero-order valence-electron chi connectivity index (χ0n) is 12.2. The minimum Gasteiger partial charge on any atom is -0.324 e. The summed E-state index contributed by atoms with van der Waals surface area (Å²) >= 11 is 5.91. The molecule has 0 aliphatic heterocycles. The number of urea groups is 1. The summed E-state index contributed by atoms with van der Waals surface area (Å²) in [5.41, 5.74) is 1.10. The van der Waals surface area contributed by atoms with E-state index >= 15 is 0 Å². The van der Waals surface area contributed by atoms with Crippen LogP contribution in [0.5, 0.6) is 0 Å². The molecule has 0 unspecified atom stereocenters. The topological polar surface area (TPSA) is 45.2 Å². The zero-order chi connectivity index (χ0) is 15.9. The molecule has 1 heterocycles. The predicted molar refractivity (Wildman–Crippen MR) is 85.6 cm³/mol. The summed E-state index contributed by atoms with van der Waals surface area (Å²) in [6.07, 6.45) is 4.13.